The Kier molecular flexibility index (Phi) is 5.28. The van der Waals surface area contributed by atoms with Gasteiger partial charge in [0.05, 0.1) is 19.1 Å². The number of nitrogens with zero attached hydrogens (tertiary/aromatic N) is 2. The Morgan fingerprint density at radius 3 is 2.75 bits per heavy atom. The lowest BCUT2D eigenvalue weighted by Crippen LogP contribution is -2.24. The molecule has 0 bridgehead atoms. The summed E-state index contributed by atoms with van der Waals surface area (Å²) in [7, 11) is 1.63. The van der Waals surface area contributed by atoms with Gasteiger partial charge in [-0.2, -0.15) is 5.10 Å². The fourth-order valence-corrected chi connectivity index (χ4v) is 3.05. The third kappa shape index (κ3) is 4.02. The van der Waals surface area contributed by atoms with Crippen LogP contribution in [0.5, 0.6) is 5.75 Å². The molecule has 1 N–H and O–H groups in total. The van der Waals surface area contributed by atoms with Gasteiger partial charge in [-0.25, -0.2) is 0 Å². The van der Waals surface area contributed by atoms with Crippen LogP contribution in [0.3, 0.4) is 0 Å². The summed E-state index contributed by atoms with van der Waals surface area (Å²) >= 11 is 1.39. The van der Waals surface area contributed by atoms with Crippen molar-refractivity contribution in [3.8, 4) is 5.75 Å². The Labute approximate surface area is 144 Å². The normalized spacial score (nSPS) is 10.5. The van der Waals surface area contributed by atoms with Crippen LogP contribution in [0.4, 0.5) is 0 Å². The molecule has 0 unspecified atom stereocenters. The quantitative estimate of drug-likeness (QED) is 0.699. The number of carbonyl (C=O) groups excluding carboxylic acids is 1. The van der Waals surface area contributed by atoms with Gasteiger partial charge in [-0.1, -0.05) is 48.2 Å². The predicted octanol–water partition coefficient (Wildman–Crippen LogP) is 3.05. The number of ether oxygens (including phenoxy) is 1. The van der Waals surface area contributed by atoms with Gasteiger partial charge in [0.15, 0.2) is 0 Å². The third-order valence-corrected chi connectivity index (χ3v) is 4.51. The van der Waals surface area contributed by atoms with Gasteiger partial charge >= 0.3 is 0 Å². The monoisotopic (exact) mass is 339 g/mol. The lowest BCUT2D eigenvalue weighted by molar-refractivity contribution is -0.118. The second-order valence-electron chi connectivity index (χ2n) is 5.15. The number of carbonyl (C=O) groups is 1. The van der Waals surface area contributed by atoms with E-state index in [0.29, 0.717) is 12.3 Å². The molecule has 6 heteroatoms. The van der Waals surface area contributed by atoms with E-state index in [9.17, 15) is 4.79 Å². The minimum atomic E-state index is -0.0365. The van der Waals surface area contributed by atoms with Crippen LogP contribution in [0.15, 0.2) is 59.8 Å². The highest BCUT2D eigenvalue weighted by Crippen LogP contribution is 2.24. The van der Waals surface area contributed by atoms with Gasteiger partial charge < -0.3 is 10.1 Å². The molecule has 1 amide bonds. The van der Waals surface area contributed by atoms with Crippen LogP contribution in [0.1, 0.15) is 5.56 Å². The van der Waals surface area contributed by atoms with Crippen LogP contribution >= 0.6 is 11.8 Å². The molecule has 0 aliphatic carbocycles. The smallest absolute Gasteiger partial charge is 0.230 e. The lowest BCUT2D eigenvalue weighted by atomic mass is 10.2. The molecule has 0 atom stereocenters. The highest BCUT2D eigenvalue weighted by atomic mass is 32.2. The largest absolute Gasteiger partial charge is 0.497 e. The lowest BCUT2D eigenvalue weighted by Gasteiger charge is -2.07. The Morgan fingerprint density at radius 1 is 1.17 bits per heavy atom. The van der Waals surface area contributed by atoms with Crippen molar-refractivity contribution in [1.82, 2.24) is 15.5 Å². The van der Waals surface area contributed by atoms with Crippen molar-refractivity contribution in [3.63, 3.8) is 0 Å². The number of hydrogen-bond donors (Lipinski definition) is 1. The summed E-state index contributed by atoms with van der Waals surface area (Å²) in [4.78, 5) is 12.0. The minimum absolute atomic E-state index is 0.0365. The van der Waals surface area contributed by atoms with Crippen molar-refractivity contribution < 1.29 is 9.53 Å². The van der Waals surface area contributed by atoms with Gasteiger partial charge in [-0.05, 0) is 17.7 Å². The maximum Gasteiger partial charge on any atom is 0.230 e. The zero-order valence-corrected chi connectivity index (χ0v) is 14.0. The molecule has 0 fully saturated rings. The van der Waals surface area contributed by atoms with Crippen LogP contribution in [-0.2, 0) is 11.3 Å². The van der Waals surface area contributed by atoms with Gasteiger partial charge in [0, 0.05) is 17.3 Å². The van der Waals surface area contributed by atoms with Gasteiger partial charge in [-0.15, -0.1) is 5.10 Å². The molecule has 0 aliphatic heterocycles. The van der Waals surface area contributed by atoms with Gasteiger partial charge in [0.25, 0.3) is 0 Å². The van der Waals surface area contributed by atoms with Crippen molar-refractivity contribution in [1.29, 1.82) is 0 Å². The van der Waals surface area contributed by atoms with Crippen molar-refractivity contribution in [2.45, 2.75) is 11.6 Å². The summed E-state index contributed by atoms with van der Waals surface area (Å²) in [5.41, 5.74) is 1.03. The Bertz CT molecular complexity index is 832. The minimum Gasteiger partial charge on any atom is -0.497 e. The third-order valence-electron chi connectivity index (χ3n) is 3.53. The summed E-state index contributed by atoms with van der Waals surface area (Å²) in [6.07, 6.45) is 1.73. The molecule has 1 aromatic heterocycles. The molecule has 0 saturated carbocycles. The fourth-order valence-electron chi connectivity index (χ4n) is 2.24. The molecule has 3 aromatic rings. The standard InChI is InChI=1S/C18H17N3O2S/c1-23-15-8-6-13(7-9-15)10-19-17(22)12-24-18-16-5-3-2-4-14(16)11-20-21-18/h2-9,11H,10,12H2,1H3,(H,19,22). The number of nitrogens with one attached hydrogen (secondary N) is 1. The van der Waals surface area contributed by atoms with E-state index in [1.54, 1.807) is 13.3 Å². The Morgan fingerprint density at radius 2 is 1.96 bits per heavy atom. The van der Waals surface area contributed by atoms with Crippen LogP contribution in [0.2, 0.25) is 0 Å². The van der Waals surface area contributed by atoms with E-state index in [-0.39, 0.29) is 5.91 Å². The Balaban J connectivity index is 1.55. The SMILES string of the molecule is COc1ccc(CNC(=O)CSc2nncc3ccccc23)cc1. The highest BCUT2D eigenvalue weighted by molar-refractivity contribution is 8.00. The van der Waals surface area contributed by atoms with E-state index in [0.717, 1.165) is 27.1 Å². The van der Waals surface area contributed by atoms with E-state index >= 15 is 0 Å². The van der Waals surface area contributed by atoms with E-state index in [1.807, 2.05) is 48.5 Å². The number of thioether (sulfide) groups is 1. The van der Waals surface area contributed by atoms with E-state index in [4.69, 9.17) is 4.74 Å². The molecule has 0 saturated heterocycles. The molecular weight excluding hydrogens is 322 g/mol. The first kappa shape index (κ1) is 16.3. The number of methoxy groups -OCH3 is 1. The second-order valence-corrected chi connectivity index (χ2v) is 6.11. The molecular formula is C18H17N3O2S. The van der Waals surface area contributed by atoms with Crippen LogP contribution in [0, 0.1) is 0 Å². The first-order chi connectivity index (χ1) is 11.8. The van der Waals surface area contributed by atoms with Crippen LogP contribution in [-0.4, -0.2) is 29.0 Å². The summed E-state index contributed by atoms with van der Waals surface area (Å²) in [5, 5.41) is 13.8. The summed E-state index contributed by atoms with van der Waals surface area (Å²) in [6, 6.07) is 15.5. The number of amides is 1. The zero-order chi connectivity index (χ0) is 16.8. The summed E-state index contributed by atoms with van der Waals surface area (Å²) in [5.74, 6) is 1.07. The molecule has 122 valence electrons. The maximum atomic E-state index is 12.0. The number of rotatable bonds is 6. The zero-order valence-electron chi connectivity index (χ0n) is 13.2. The topological polar surface area (TPSA) is 64.1 Å². The average molecular weight is 339 g/mol. The molecule has 5 nitrogen and oxygen atoms in total. The summed E-state index contributed by atoms with van der Waals surface area (Å²) in [6.45, 7) is 0.491. The molecule has 0 aliphatic rings. The van der Waals surface area contributed by atoms with Gasteiger partial charge in [0.1, 0.15) is 10.8 Å². The molecule has 0 spiro atoms. The number of fused-ring (bicyclic) bond motifs is 1. The molecule has 0 radical (unpaired) electrons. The van der Waals surface area contributed by atoms with Crippen LogP contribution in [0.25, 0.3) is 10.8 Å². The highest BCUT2D eigenvalue weighted by Gasteiger charge is 2.07. The van der Waals surface area contributed by atoms with E-state index in [1.165, 1.54) is 11.8 Å². The van der Waals surface area contributed by atoms with Crippen LogP contribution < -0.4 is 10.1 Å². The fraction of sp³-hybridized carbons (Fsp3) is 0.167. The maximum absolute atomic E-state index is 12.0. The second kappa shape index (κ2) is 7.79. The van der Waals surface area contributed by atoms with Gasteiger partial charge in [-0.3, -0.25) is 4.79 Å². The van der Waals surface area contributed by atoms with Gasteiger partial charge in [0.2, 0.25) is 5.91 Å². The van der Waals surface area contributed by atoms with Crippen molar-refractivity contribution in [2.75, 3.05) is 12.9 Å². The van der Waals surface area contributed by atoms with Crippen molar-refractivity contribution in [2.24, 2.45) is 0 Å². The van der Waals surface area contributed by atoms with Crippen molar-refractivity contribution in [3.05, 3.63) is 60.3 Å². The molecule has 2 aromatic carbocycles. The average Bonchev–Trinajstić information content (AvgIpc) is 2.65. The molecule has 1 heterocycles. The first-order valence-corrected chi connectivity index (χ1v) is 8.47. The molecule has 3 rings (SSSR count). The van der Waals surface area contributed by atoms with E-state index in [2.05, 4.69) is 15.5 Å². The van der Waals surface area contributed by atoms with Crippen molar-refractivity contribution >= 4 is 28.4 Å². The number of hydrogen-bond acceptors (Lipinski definition) is 5. The van der Waals surface area contributed by atoms with E-state index < -0.39 is 0 Å². The predicted molar refractivity (Wildman–Crippen MR) is 95.1 cm³/mol. The number of aromatic nitrogens is 2. The number of benzene rings is 2. The Hall–Kier alpha value is -2.60. The molecule has 24 heavy (non-hydrogen) atoms. The first-order valence-electron chi connectivity index (χ1n) is 7.49. The summed E-state index contributed by atoms with van der Waals surface area (Å²) < 4.78 is 5.11.